The Balaban J connectivity index is 0.00000312. The zero-order chi connectivity index (χ0) is 17.6. The largest absolute Gasteiger partial charge is 1.00 e. The maximum atomic E-state index is 9.91. The van der Waals surface area contributed by atoms with E-state index in [0.717, 1.165) is 35.4 Å². The van der Waals surface area contributed by atoms with Crippen molar-refractivity contribution in [2.75, 3.05) is 5.32 Å². The van der Waals surface area contributed by atoms with Gasteiger partial charge < -0.3 is 10.6 Å². The summed E-state index contributed by atoms with van der Waals surface area (Å²) in [4.78, 5) is 0.706. The summed E-state index contributed by atoms with van der Waals surface area (Å²) in [6.07, 6.45) is 3.33. The number of benzene rings is 1. The summed E-state index contributed by atoms with van der Waals surface area (Å²) in [7, 11) is 0. The van der Waals surface area contributed by atoms with Gasteiger partial charge >= 0.3 is 51.4 Å². The van der Waals surface area contributed by atoms with Gasteiger partial charge in [0, 0.05) is 16.3 Å². The minimum Gasteiger partial charge on any atom is -0.691 e. The second-order valence-electron chi connectivity index (χ2n) is 6.18. The van der Waals surface area contributed by atoms with E-state index in [1.807, 2.05) is 36.4 Å². The van der Waals surface area contributed by atoms with Crippen LogP contribution in [0.25, 0.3) is 0 Å². The molecule has 1 aliphatic carbocycles. The summed E-state index contributed by atoms with van der Waals surface area (Å²) in [6.45, 7) is 4.19. The van der Waals surface area contributed by atoms with Crippen LogP contribution in [0.3, 0.4) is 0 Å². The Labute approximate surface area is 194 Å². The Bertz CT molecular complexity index is 747. The van der Waals surface area contributed by atoms with Gasteiger partial charge in [0.05, 0.1) is 12.0 Å². The fourth-order valence-corrected chi connectivity index (χ4v) is 3.10. The summed E-state index contributed by atoms with van der Waals surface area (Å²) >= 11 is 0.819. The normalized spacial score (nSPS) is 15.2. The first-order chi connectivity index (χ1) is 11.5. The monoisotopic (exact) mass is 381 g/mol. The number of hydrogen-bond donors (Lipinski definition) is 1. The van der Waals surface area contributed by atoms with Crippen LogP contribution >= 0.6 is 12.0 Å². The average Bonchev–Trinajstić information content (AvgIpc) is 2.53. The molecule has 0 saturated heterocycles. The fraction of sp³-hybridized carbons (Fsp3) is 0.294. The van der Waals surface area contributed by atoms with E-state index >= 15 is 0 Å². The molecule has 0 amide bonds. The van der Waals surface area contributed by atoms with Gasteiger partial charge in [0.1, 0.15) is 17.7 Å². The van der Waals surface area contributed by atoms with Gasteiger partial charge in [-0.15, -0.1) is 0 Å². The van der Waals surface area contributed by atoms with Crippen molar-refractivity contribution in [1.29, 1.82) is 10.5 Å². The molecule has 0 unspecified atom stereocenters. The molecule has 124 valence electrons. The predicted molar refractivity (Wildman–Crippen MR) is 87.4 cm³/mol. The van der Waals surface area contributed by atoms with Gasteiger partial charge in [-0.25, -0.2) is 0 Å². The Morgan fingerprint density at radius 2 is 2.00 bits per heavy atom. The van der Waals surface area contributed by atoms with Crippen molar-refractivity contribution in [3.63, 3.8) is 0 Å². The molecule has 0 spiro atoms. The summed E-state index contributed by atoms with van der Waals surface area (Å²) in [5.41, 5.74) is 2.57. The van der Waals surface area contributed by atoms with Gasteiger partial charge in [0.25, 0.3) is 0 Å². The van der Waals surface area contributed by atoms with Crippen LogP contribution in [0.2, 0.25) is 0 Å². The topological polar surface area (TPSA) is 101 Å². The summed E-state index contributed by atoms with van der Waals surface area (Å²) in [5, 5.41) is 34.8. The average molecular weight is 381 g/mol. The molecule has 0 fully saturated rings. The van der Waals surface area contributed by atoms with Crippen LogP contribution in [0, 0.1) is 28.1 Å². The Morgan fingerprint density at radius 3 is 2.64 bits per heavy atom. The minimum absolute atomic E-state index is 0. The molecule has 0 radical (unpaired) electrons. The number of nitriles is 2. The summed E-state index contributed by atoms with van der Waals surface area (Å²) < 4.78 is 4.31. The van der Waals surface area contributed by atoms with Crippen LogP contribution < -0.4 is 62.0 Å². The van der Waals surface area contributed by atoms with Crippen LogP contribution in [0.5, 0.6) is 0 Å². The molecular formula is C17H16KN3O3S. The molecule has 8 heteroatoms. The standard InChI is InChI=1S/C17H17N3O3S.K/c1-17(2)8-12(13(10-18)11-19)6-15(9-17)20-14-4-3-5-16(7-14)24-23-22-21;/h3-7,20-21H,8-9H2,1-2H3;/q;+1/p-1. The third kappa shape index (κ3) is 6.87. The molecule has 1 aromatic rings. The first kappa shape index (κ1) is 22.4. The zero-order valence-corrected chi connectivity index (χ0v) is 18.3. The maximum Gasteiger partial charge on any atom is 1.00 e. The molecule has 1 N–H and O–H groups in total. The van der Waals surface area contributed by atoms with Gasteiger partial charge in [-0.1, -0.05) is 19.9 Å². The molecule has 1 aliphatic rings. The summed E-state index contributed by atoms with van der Waals surface area (Å²) in [6, 6.07) is 11.2. The first-order valence-corrected chi connectivity index (χ1v) is 7.96. The molecule has 6 nitrogen and oxygen atoms in total. The van der Waals surface area contributed by atoms with Gasteiger partial charge in [0.15, 0.2) is 0 Å². The number of anilines is 1. The molecule has 2 rings (SSSR count). The summed E-state index contributed by atoms with van der Waals surface area (Å²) in [5.74, 6) is 0. The number of nitrogens with one attached hydrogen (secondary N) is 1. The van der Waals surface area contributed by atoms with E-state index in [-0.39, 0.29) is 62.4 Å². The van der Waals surface area contributed by atoms with E-state index in [2.05, 4.69) is 28.5 Å². The molecule has 0 atom stereocenters. The molecule has 0 heterocycles. The maximum absolute atomic E-state index is 9.91. The van der Waals surface area contributed by atoms with Crippen molar-refractivity contribution < 1.29 is 66.0 Å². The van der Waals surface area contributed by atoms with E-state index in [1.165, 1.54) is 0 Å². The van der Waals surface area contributed by atoms with Crippen LogP contribution in [-0.2, 0) is 9.37 Å². The second kappa shape index (κ2) is 10.5. The Hall–Kier alpha value is -0.654. The number of hydrogen-bond acceptors (Lipinski definition) is 7. The number of rotatable bonds is 5. The van der Waals surface area contributed by atoms with Crippen molar-refractivity contribution in [3.8, 4) is 12.1 Å². The van der Waals surface area contributed by atoms with Crippen molar-refractivity contribution in [2.24, 2.45) is 5.41 Å². The SMILES string of the molecule is CC1(C)CC(Nc2cccc(SOO[O-])c2)=CC(=C(C#N)C#N)C1.[K+]. The van der Waals surface area contributed by atoms with Gasteiger partial charge in [-0.2, -0.15) is 14.9 Å². The van der Waals surface area contributed by atoms with Crippen molar-refractivity contribution in [2.45, 2.75) is 31.6 Å². The molecule has 0 saturated carbocycles. The fourth-order valence-electron chi connectivity index (χ4n) is 2.68. The van der Waals surface area contributed by atoms with Crippen LogP contribution in [-0.4, -0.2) is 0 Å². The second-order valence-corrected chi connectivity index (χ2v) is 6.96. The van der Waals surface area contributed by atoms with Crippen LogP contribution in [0.1, 0.15) is 26.7 Å². The molecule has 0 aliphatic heterocycles. The van der Waals surface area contributed by atoms with Crippen LogP contribution in [0.4, 0.5) is 5.69 Å². The van der Waals surface area contributed by atoms with Gasteiger partial charge in [-0.3, -0.25) is 5.04 Å². The molecule has 25 heavy (non-hydrogen) atoms. The van der Waals surface area contributed by atoms with Crippen LogP contribution in [0.15, 0.2) is 52.1 Å². The van der Waals surface area contributed by atoms with E-state index in [0.29, 0.717) is 11.3 Å². The smallest absolute Gasteiger partial charge is 0.691 e. The zero-order valence-electron chi connectivity index (χ0n) is 14.3. The van der Waals surface area contributed by atoms with Crippen molar-refractivity contribution in [1.82, 2.24) is 0 Å². The molecule has 1 aromatic carbocycles. The quantitative estimate of drug-likeness (QED) is 0.259. The van der Waals surface area contributed by atoms with E-state index < -0.39 is 0 Å². The third-order valence-corrected chi connectivity index (χ3v) is 4.10. The minimum atomic E-state index is -0.0583. The third-order valence-electron chi connectivity index (χ3n) is 3.53. The first-order valence-electron chi connectivity index (χ1n) is 7.21. The van der Waals surface area contributed by atoms with E-state index in [9.17, 15) is 5.26 Å². The Morgan fingerprint density at radius 1 is 1.28 bits per heavy atom. The molecule has 0 aromatic heterocycles. The van der Waals surface area contributed by atoms with Gasteiger partial charge in [0.2, 0.25) is 0 Å². The predicted octanol–water partition coefficient (Wildman–Crippen LogP) is 0.381. The molecule has 0 bridgehead atoms. The van der Waals surface area contributed by atoms with E-state index in [4.69, 9.17) is 10.5 Å². The molecular weight excluding hydrogens is 365 g/mol. The number of nitrogens with zero attached hydrogens (tertiary/aromatic N) is 2. The Kier molecular flexibility index (Phi) is 9.39. The van der Waals surface area contributed by atoms with Crippen molar-refractivity contribution in [3.05, 3.63) is 47.2 Å². The van der Waals surface area contributed by atoms with Crippen molar-refractivity contribution >= 4 is 17.7 Å². The number of allylic oxidation sites excluding steroid dienone is 4. The van der Waals surface area contributed by atoms with E-state index in [1.54, 1.807) is 6.07 Å². The van der Waals surface area contributed by atoms with Gasteiger partial charge in [-0.05, 0) is 48.1 Å².